The van der Waals surface area contributed by atoms with E-state index in [-0.39, 0.29) is 6.61 Å². The van der Waals surface area contributed by atoms with Crippen LogP contribution in [0.4, 0.5) is 5.69 Å². The molecule has 0 unspecified atom stereocenters. The molecule has 1 aromatic rings. The molecule has 1 aliphatic rings. The number of para-hydroxylation sites is 2. The first-order chi connectivity index (χ1) is 9.77. The van der Waals surface area contributed by atoms with Gasteiger partial charge in [-0.05, 0) is 31.4 Å². The molecule has 0 fully saturated rings. The zero-order valence-corrected chi connectivity index (χ0v) is 11.6. The van der Waals surface area contributed by atoms with Crippen molar-refractivity contribution in [3.63, 3.8) is 0 Å². The van der Waals surface area contributed by atoms with Crippen molar-refractivity contribution in [3.8, 4) is 5.75 Å². The first-order valence-corrected chi connectivity index (χ1v) is 7.17. The smallest absolute Gasteiger partial charge is 0.142 e. The second-order valence-corrected chi connectivity index (χ2v) is 4.98. The second kappa shape index (κ2) is 8.09. The van der Waals surface area contributed by atoms with Crippen molar-refractivity contribution in [1.29, 1.82) is 0 Å². The minimum atomic E-state index is -0.828. The molecule has 112 valence electrons. The Balaban J connectivity index is 1.98. The molecule has 0 spiro atoms. The van der Waals surface area contributed by atoms with Crippen LogP contribution in [0, 0.1) is 0 Å². The molecule has 0 bridgehead atoms. The molecule has 5 heteroatoms. The monoisotopic (exact) mass is 281 g/mol. The number of rotatable bonds is 0. The highest BCUT2D eigenvalue weighted by Gasteiger charge is 2.16. The Bertz CT molecular complexity index is 399. The summed E-state index contributed by atoms with van der Waals surface area (Å²) in [4.78, 5) is 0. The van der Waals surface area contributed by atoms with Crippen LogP contribution < -0.4 is 10.1 Å². The molecular weight excluding hydrogens is 258 g/mol. The predicted molar refractivity (Wildman–Crippen MR) is 77.1 cm³/mol. The summed E-state index contributed by atoms with van der Waals surface area (Å²) in [5.74, 6) is 0.820. The van der Waals surface area contributed by atoms with Gasteiger partial charge in [0.15, 0.2) is 0 Å². The number of anilines is 1. The van der Waals surface area contributed by atoms with Crippen LogP contribution in [-0.4, -0.2) is 48.8 Å². The largest absolute Gasteiger partial charge is 0.491 e. The van der Waals surface area contributed by atoms with Crippen LogP contribution in [0.5, 0.6) is 5.75 Å². The van der Waals surface area contributed by atoms with E-state index >= 15 is 0 Å². The lowest BCUT2D eigenvalue weighted by Crippen LogP contribution is -2.32. The Morgan fingerprint density at radius 2 is 1.85 bits per heavy atom. The number of aliphatic hydroxyl groups is 2. The van der Waals surface area contributed by atoms with Gasteiger partial charge in [0.2, 0.25) is 0 Å². The maximum atomic E-state index is 9.83. The van der Waals surface area contributed by atoms with Gasteiger partial charge in [-0.25, -0.2) is 0 Å². The van der Waals surface area contributed by atoms with Crippen LogP contribution in [0.15, 0.2) is 24.3 Å². The highest BCUT2D eigenvalue weighted by molar-refractivity contribution is 5.56. The summed E-state index contributed by atoms with van der Waals surface area (Å²) in [6, 6.07) is 7.76. The predicted octanol–water partition coefficient (Wildman–Crippen LogP) is 1.40. The lowest BCUT2D eigenvalue weighted by atomic mass is 10.1. The van der Waals surface area contributed by atoms with Crippen LogP contribution in [0.3, 0.4) is 0 Å². The molecule has 0 saturated carbocycles. The summed E-state index contributed by atoms with van der Waals surface area (Å²) in [7, 11) is 0. The minimum Gasteiger partial charge on any atom is -0.491 e. The number of benzene rings is 1. The molecule has 0 amide bonds. The number of aliphatic hydroxyl groups excluding tert-OH is 2. The second-order valence-electron chi connectivity index (χ2n) is 4.98. The van der Waals surface area contributed by atoms with Gasteiger partial charge in [-0.15, -0.1) is 0 Å². The van der Waals surface area contributed by atoms with Crippen molar-refractivity contribution < 1.29 is 19.7 Å². The third kappa shape index (κ3) is 4.67. The quantitative estimate of drug-likeness (QED) is 0.670. The molecule has 5 nitrogen and oxygen atoms in total. The van der Waals surface area contributed by atoms with Gasteiger partial charge in [0.1, 0.15) is 11.9 Å². The topological polar surface area (TPSA) is 71.0 Å². The molecule has 0 radical (unpaired) electrons. The highest BCUT2D eigenvalue weighted by Crippen LogP contribution is 2.24. The van der Waals surface area contributed by atoms with Crippen LogP contribution in [-0.2, 0) is 4.74 Å². The molecule has 1 heterocycles. The van der Waals surface area contributed by atoms with Gasteiger partial charge in [-0.3, -0.25) is 0 Å². The minimum absolute atomic E-state index is 0.179. The van der Waals surface area contributed by atoms with Crippen LogP contribution in [0.1, 0.15) is 19.3 Å². The highest BCUT2D eigenvalue weighted by atomic mass is 16.5. The van der Waals surface area contributed by atoms with Crippen molar-refractivity contribution in [1.82, 2.24) is 0 Å². The van der Waals surface area contributed by atoms with Crippen molar-refractivity contribution >= 4 is 5.69 Å². The van der Waals surface area contributed by atoms with Crippen LogP contribution in [0.2, 0.25) is 0 Å². The van der Waals surface area contributed by atoms with E-state index in [2.05, 4.69) is 5.32 Å². The molecule has 2 rings (SSSR count). The Labute approximate surface area is 119 Å². The average Bonchev–Trinajstić information content (AvgIpc) is 2.46. The zero-order valence-electron chi connectivity index (χ0n) is 11.6. The van der Waals surface area contributed by atoms with E-state index < -0.39 is 12.2 Å². The molecular formula is C15H23NO4. The molecule has 2 atom stereocenters. The number of ether oxygens (including phenoxy) is 2. The molecule has 0 aliphatic carbocycles. The van der Waals surface area contributed by atoms with Gasteiger partial charge in [-0.2, -0.15) is 0 Å². The lowest BCUT2D eigenvalue weighted by molar-refractivity contribution is -0.0400. The van der Waals surface area contributed by atoms with E-state index in [0.29, 0.717) is 26.2 Å². The summed E-state index contributed by atoms with van der Waals surface area (Å²) >= 11 is 0. The van der Waals surface area contributed by atoms with Gasteiger partial charge in [0, 0.05) is 13.2 Å². The Kier molecular flexibility index (Phi) is 6.11. The van der Waals surface area contributed by atoms with E-state index in [0.717, 1.165) is 24.3 Å². The van der Waals surface area contributed by atoms with Gasteiger partial charge in [0.05, 0.1) is 25.0 Å². The average molecular weight is 281 g/mol. The standard InChI is InChI=1S/C15H23NO4/c17-13-7-8-16-12-5-1-2-6-15(12)20-10-4-3-9-19-11-14(13)18/h1-2,5-6,13-14,16-18H,3-4,7-11H2/t13-,14+/m0/s1. The third-order valence-corrected chi connectivity index (χ3v) is 3.32. The first kappa shape index (κ1) is 15.1. The maximum Gasteiger partial charge on any atom is 0.142 e. The molecule has 3 N–H and O–H groups in total. The Morgan fingerprint density at radius 3 is 2.75 bits per heavy atom. The van der Waals surface area contributed by atoms with Crippen molar-refractivity contribution in [2.75, 3.05) is 31.7 Å². The fourth-order valence-corrected chi connectivity index (χ4v) is 2.09. The van der Waals surface area contributed by atoms with E-state index in [1.54, 1.807) is 0 Å². The van der Waals surface area contributed by atoms with Crippen molar-refractivity contribution in [3.05, 3.63) is 24.3 Å². The van der Waals surface area contributed by atoms with Gasteiger partial charge in [-0.1, -0.05) is 12.1 Å². The SMILES string of the molecule is O[C@@H]1COCCCCOc2ccccc2NCC[C@@H]1O. The molecule has 20 heavy (non-hydrogen) atoms. The van der Waals surface area contributed by atoms with E-state index in [1.165, 1.54) is 0 Å². The summed E-state index contributed by atoms with van der Waals surface area (Å²) in [5.41, 5.74) is 0.919. The summed E-state index contributed by atoms with van der Waals surface area (Å²) in [5, 5.41) is 22.8. The third-order valence-electron chi connectivity index (χ3n) is 3.32. The molecule has 1 aromatic carbocycles. The fourth-order valence-electron chi connectivity index (χ4n) is 2.09. The van der Waals surface area contributed by atoms with Crippen LogP contribution in [0.25, 0.3) is 0 Å². The van der Waals surface area contributed by atoms with E-state index in [4.69, 9.17) is 9.47 Å². The van der Waals surface area contributed by atoms with Gasteiger partial charge in [0.25, 0.3) is 0 Å². The summed E-state index contributed by atoms with van der Waals surface area (Å²) < 4.78 is 11.1. The zero-order chi connectivity index (χ0) is 14.2. The van der Waals surface area contributed by atoms with Gasteiger partial charge < -0.3 is 25.0 Å². The van der Waals surface area contributed by atoms with Crippen molar-refractivity contribution in [2.45, 2.75) is 31.5 Å². The normalized spacial score (nSPS) is 25.7. The van der Waals surface area contributed by atoms with E-state index in [9.17, 15) is 10.2 Å². The maximum absolute atomic E-state index is 9.83. The summed E-state index contributed by atoms with van der Waals surface area (Å²) in [6.45, 7) is 1.97. The lowest BCUT2D eigenvalue weighted by Gasteiger charge is -2.20. The Hall–Kier alpha value is -1.30. The number of nitrogens with one attached hydrogen (secondary N) is 1. The Morgan fingerprint density at radius 1 is 1.05 bits per heavy atom. The van der Waals surface area contributed by atoms with Crippen molar-refractivity contribution in [2.24, 2.45) is 0 Å². The number of fused-ring (bicyclic) bond motifs is 1. The number of hydrogen-bond donors (Lipinski definition) is 3. The van der Waals surface area contributed by atoms with Gasteiger partial charge >= 0.3 is 0 Å². The summed E-state index contributed by atoms with van der Waals surface area (Å²) in [6.07, 6.45) is 0.620. The molecule has 0 aromatic heterocycles. The first-order valence-electron chi connectivity index (χ1n) is 7.17. The van der Waals surface area contributed by atoms with Crippen LogP contribution >= 0.6 is 0 Å². The number of hydrogen-bond acceptors (Lipinski definition) is 5. The molecule has 0 saturated heterocycles. The fraction of sp³-hybridized carbons (Fsp3) is 0.600. The van der Waals surface area contributed by atoms with E-state index in [1.807, 2.05) is 24.3 Å². The molecule has 1 aliphatic heterocycles.